The molecule has 0 spiro atoms. The van der Waals surface area contributed by atoms with Crippen molar-refractivity contribution < 1.29 is 5.11 Å². The Morgan fingerprint density at radius 1 is 1.29 bits per heavy atom. The van der Waals surface area contributed by atoms with Gasteiger partial charge in [-0.2, -0.15) is 0 Å². The number of nitrogens with zero attached hydrogens (tertiary/aromatic N) is 3. The fraction of sp³-hybridized carbons (Fsp3) is 0.667. The van der Waals surface area contributed by atoms with E-state index in [9.17, 15) is 0 Å². The Morgan fingerprint density at radius 3 is 2.65 bits per heavy atom. The monoisotopic (exact) mass is 255 g/mol. The summed E-state index contributed by atoms with van der Waals surface area (Å²) in [4.78, 5) is 10.6. The average molecular weight is 256 g/mol. The first-order valence-corrected chi connectivity index (χ1v) is 6.48. The minimum atomic E-state index is 0.192. The molecule has 4 nitrogen and oxygen atoms in total. The maximum atomic E-state index is 9.12. The van der Waals surface area contributed by atoms with Gasteiger partial charge in [0.2, 0.25) is 0 Å². The van der Waals surface area contributed by atoms with Crippen molar-refractivity contribution in [2.45, 2.75) is 38.3 Å². The lowest BCUT2D eigenvalue weighted by Crippen LogP contribution is -2.35. The lowest BCUT2D eigenvalue weighted by atomic mass is 10.2. The van der Waals surface area contributed by atoms with E-state index in [2.05, 4.69) is 14.9 Å². The highest BCUT2D eigenvalue weighted by atomic mass is 35.5. The molecule has 0 radical (unpaired) electrons. The Labute approximate surface area is 107 Å². The molecule has 1 fully saturated rings. The van der Waals surface area contributed by atoms with E-state index in [4.69, 9.17) is 16.7 Å². The molecule has 0 bridgehead atoms. The van der Waals surface area contributed by atoms with Crippen LogP contribution in [-0.2, 0) is 6.54 Å². The topological polar surface area (TPSA) is 49.2 Å². The predicted octanol–water partition coefficient (Wildman–Crippen LogP) is 1.87. The smallest absolute Gasteiger partial charge is 0.147 e. The van der Waals surface area contributed by atoms with Gasteiger partial charge in [-0.3, -0.25) is 9.88 Å². The molecule has 0 atom stereocenters. The Bertz CT molecular complexity index is 338. The molecule has 0 aromatic carbocycles. The summed E-state index contributed by atoms with van der Waals surface area (Å²) in [5.41, 5.74) is 0.912. The van der Waals surface area contributed by atoms with Crippen molar-refractivity contribution in [1.82, 2.24) is 14.9 Å². The first-order chi connectivity index (χ1) is 8.29. The van der Waals surface area contributed by atoms with Gasteiger partial charge in [-0.05, 0) is 12.8 Å². The largest absolute Gasteiger partial charge is 0.395 e. The lowest BCUT2D eigenvalue weighted by molar-refractivity contribution is 0.143. The molecule has 94 valence electrons. The maximum Gasteiger partial charge on any atom is 0.147 e. The van der Waals surface area contributed by atoms with Gasteiger partial charge < -0.3 is 5.11 Å². The minimum Gasteiger partial charge on any atom is -0.395 e. The third kappa shape index (κ3) is 3.63. The lowest BCUT2D eigenvalue weighted by Gasteiger charge is -2.27. The zero-order chi connectivity index (χ0) is 12.1. The first kappa shape index (κ1) is 12.7. The number of hydrogen-bond donors (Lipinski definition) is 1. The standard InChI is InChI=1S/C12H18ClN3O/c13-12-8-14-10(7-15-12)9-16(5-6-17)11-3-1-2-4-11/h7-8,11,17H,1-6,9H2. The summed E-state index contributed by atoms with van der Waals surface area (Å²) in [6.45, 7) is 1.64. The summed E-state index contributed by atoms with van der Waals surface area (Å²) in [5, 5.41) is 9.54. The van der Waals surface area contributed by atoms with Crippen LogP contribution < -0.4 is 0 Å². The molecule has 1 N–H and O–H groups in total. The van der Waals surface area contributed by atoms with Gasteiger partial charge in [0, 0.05) is 19.1 Å². The SMILES string of the molecule is OCCN(Cc1cnc(Cl)cn1)C1CCCC1. The summed E-state index contributed by atoms with van der Waals surface area (Å²) < 4.78 is 0. The molecule has 0 unspecified atom stereocenters. The third-order valence-corrected chi connectivity index (χ3v) is 3.46. The molecular formula is C12H18ClN3O. The Balaban J connectivity index is 1.98. The molecule has 1 aliphatic rings. The third-order valence-electron chi connectivity index (χ3n) is 3.27. The van der Waals surface area contributed by atoms with E-state index in [1.54, 1.807) is 12.4 Å². The van der Waals surface area contributed by atoms with Crippen molar-refractivity contribution >= 4 is 11.6 Å². The van der Waals surface area contributed by atoms with Crippen LogP contribution in [0.15, 0.2) is 12.4 Å². The van der Waals surface area contributed by atoms with Gasteiger partial charge in [0.25, 0.3) is 0 Å². The summed E-state index contributed by atoms with van der Waals surface area (Å²) in [6.07, 6.45) is 8.31. The summed E-state index contributed by atoms with van der Waals surface area (Å²) in [6, 6.07) is 0.583. The van der Waals surface area contributed by atoms with Crippen LogP contribution in [0.3, 0.4) is 0 Å². The van der Waals surface area contributed by atoms with Crippen LogP contribution in [0.4, 0.5) is 0 Å². The van der Waals surface area contributed by atoms with Crippen LogP contribution in [0.5, 0.6) is 0 Å². The molecule has 2 rings (SSSR count). The van der Waals surface area contributed by atoms with Crippen LogP contribution in [0.25, 0.3) is 0 Å². The summed E-state index contributed by atoms with van der Waals surface area (Å²) in [7, 11) is 0. The van der Waals surface area contributed by atoms with Crippen LogP contribution in [0, 0.1) is 0 Å². The molecule has 0 aliphatic heterocycles. The van der Waals surface area contributed by atoms with Crippen LogP contribution in [0.2, 0.25) is 5.15 Å². The van der Waals surface area contributed by atoms with Crippen LogP contribution in [0.1, 0.15) is 31.4 Å². The second-order valence-electron chi connectivity index (χ2n) is 4.46. The molecule has 1 aromatic rings. The van der Waals surface area contributed by atoms with E-state index in [0.29, 0.717) is 17.7 Å². The van der Waals surface area contributed by atoms with E-state index in [-0.39, 0.29) is 6.61 Å². The second-order valence-corrected chi connectivity index (χ2v) is 4.85. The molecule has 1 aliphatic carbocycles. The zero-order valence-corrected chi connectivity index (χ0v) is 10.6. The molecule has 5 heteroatoms. The molecule has 1 aromatic heterocycles. The minimum absolute atomic E-state index is 0.192. The second kappa shape index (κ2) is 6.28. The quantitative estimate of drug-likeness (QED) is 0.873. The zero-order valence-electron chi connectivity index (χ0n) is 9.85. The Hall–Kier alpha value is -0.710. The van der Waals surface area contributed by atoms with Crippen molar-refractivity contribution in [3.05, 3.63) is 23.2 Å². The van der Waals surface area contributed by atoms with Crippen LogP contribution in [-0.4, -0.2) is 39.2 Å². The number of halogens is 1. The summed E-state index contributed by atoms with van der Waals surface area (Å²) >= 11 is 5.71. The van der Waals surface area contributed by atoms with Gasteiger partial charge in [0.15, 0.2) is 0 Å². The number of hydrogen-bond acceptors (Lipinski definition) is 4. The number of aliphatic hydroxyl groups excluding tert-OH is 1. The van der Waals surface area contributed by atoms with Gasteiger partial charge in [0.1, 0.15) is 5.15 Å². The van der Waals surface area contributed by atoms with Crippen molar-refractivity contribution in [3.8, 4) is 0 Å². The highest BCUT2D eigenvalue weighted by Gasteiger charge is 2.22. The number of aliphatic hydroxyl groups is 1. The fourth-order valence-corrected chi connectivity index (χ4v) is 2.51. The van der Waals surface area contributed by atoms with E-state index >= 15 is 0 Å². The normalized spacial score (nSPS) is 16.9. The van der Waals surface area contributed by atoms with E-state index in [0.717, 1.165) is 12.2 Å². The molecule has 1 saturated carbocycles. The summed E-state index contributed by atoms with van der Waals surface area (Å²) in [5.74, 6) is 0. The molecule has 1 heterocycles. The fourth-order valence-electron chi connectivity index (χ4n) is 2.42. The molecular weight excluding hydrogens is 238 g/mol. The van der Waals surface area contributed by atoms with Gasteiger partial charge in [-0.25, -0.2) is 4.98 Å². The highest BCUT2D eigenvalue weighted by Crippen LogP contribution is 2.24. The highest BCUT2D eigenvalue weighted by molar-refractivity contribution is 6.29. The average Bonchev–Trinajstić information content (AvgIpc) is 2.85. The van der Waals surface area contributed by atoms with Crippen LogP contribution >= 0.6 is 11.6 Å². The first-order valence-electron chi connectivity index (χ1n) is 6.11. The maximum absolute atomic E-state index is 9.12. The molecule has 0 saturated heterocycles. The van der Waals surface area contributed by atoms with Gasteiger partial charge in [-0.15, -0.1) is 0 Å². The molecule has 0 amide bonds. The van der Waals surface area contributed by atoms with E-state index in [1.807, 2.05) is 0 Å². The van der Waals surface area contributed by atoms with Gasteiger partial charge in [-0.1, -0.05) is 24.4 Å². The van der Waals surface area contributed by atoms with Crippen molar-refractivity contribution in [1.29, 1.82) is 0 Å². The number of rotatable bonds is 5. The van der Waals surface area contributed by atoms with Crippen molar-refractivity contribution in [2.24, 2.45) is 0 Å². The Morgan fingerprint density at radius 2 is 2.06 bits per heavy atom. The Kier molecular flexibility index (Phi) is 4.71. The van der Waals surface area contributed by atoms with E-state index in [1.165, 1.54) is 25.7 Å². The molecule has 17 heavy (non-hydrogen) atoms. The van der Waals surface area contributed by atoms with Gasteiger partial charge >= 0.3 is 0 Å². The number of aromatic nitrogens is 2. The van der Waals surface area contributed by atoms with E-state index < -0.39 is 0 Å². The van der Waals surface area contributed by atoms with Crippen molar-refractivity contribution in [3.63, 3.8) is 0 Å². The van der Waals surface area contributed by atoms with Crippen molar-refractivity contribution in [2.75, 3.05) is 13.2 Å². The predicted molar refractivity (Wildman–Crippen MR) is 66.8 cm³/mol. The van der Waals surface area contributed by atoms with Gasteiger partial charge in [0.05, 0.1) is 24.7 Å².